The monoisotopic (exact) mass is 308 g/mol. The summed E-state index contributed by atoms with van der Waals surface area (Å²) in [5, 5.41) is 0. The van der Waals surface area contributed by atoms with E-state index in [1.807, 2.05) is 37.3 Å². The van der Waals surface area contributed by atoms with Crippen molar-refractivity contribution >= 4 is 5.57 Å². The molecule has 0 aromatic heterocycles. The molecule has 2 rings (SSSR count). The summed E-state index contributed by atoms with van der Waals surface area (Å²) in [5.41, 5.74) is 1.94. The van der Waals surface area contributed by atoms with Gasteiger partial charge in [-0.2, -0.15) is 0 Å². The molecule has 0 amide bonds. The molecule has 0 saturated carbocycles. The Morgan fingerprint density at radius 3 is 2.32 bits per heavy atom. The molecule has 0 fully saturated rings. The van der Waals surface area contributed by atoms with E-state index in [0.29, 0.717) is 5.57 Å². The normalized spacial score (nSPS) is 23.1. The summed E-state index contributed by atoms with van der Waals surface area (Å²) in [5.74, 6) is 0. The van der Waals surface area contributed by atoms with Crippen molar-refractivity contribution in [2.75, 3.05) is 0 Å². The van der Waals surface area contributed by atoms with Crippen LogP contribution in [0.5, 0.6) is 0 Å². The third-order valence-electron chi connectivity index (χ3n) is 3.83. The third kappa shape index (κ3) is 3.50. The van der Waals surface area contributed by atoms with Crippen LogP contribution >= 0.6 is 0 Å². The molecule has 1 nitrogen and oxygen atoms in total. The smallest absolute Gasteiger partial charge is 0.276 e. The number of allylic oxidation sites excluding steroid dienone is 3. The minimum atomic E-state index is -4.68. The van der Waals surface area contributed by atoms with E-state index in [2.05, 4.69) is 4.74 Å². The van der Waals surface area contributed by atoms with E-state index in [9.17, 15) is 13.2 Å². The summed E-state index contributed by atoms with van der Waals surface area (Å²) in [4.78, 5) is 0. The first kappa shape index (κ1) is 16.6. The van der Waals surface area contributed by atoms with Gasteiger partial charge in [0.25, 0.3) is 0 Å². The van der Waals surface area contributed by atoms with Gasteiger partial charge in [0.1, 0.15) is 5.60 Å². The molecule has 0 heterocycles. The molecule has 0 N–H and O–H groups in total. The second-order valence-corrected chi connectivity index (χ2v) is 5.50. The van der Waals surface area contributed by atoms with E-state index >= 15 is 0 Å². The van der Waals surface area contributed by atoms with Crippen LogP contribution in [0, 0.1) is 0 Å². The molecule has 0 radical (unpaired) electrons. The van der Waals surface area contributed by atoms with Gasteiger partial charge in [0, 0.05) is 6.42 Å². The molecule has 118 valence electrons. The first-order chi connectivity index (χ1) is 10.3. The topological polar surface area (TPSA) is 9.23 Å². The van der Waals surface area contributed by atoms with E-state index in [1.54, 1.807) is 26.0 Å². The SMILES string of the molecule is C/C=C/C1(OC(F)(F)F)CC(C)=C(c2ccccc2)C=C1C. The van der Waals surface area contributed by atoms with Crippen LogP contribution in [0.2, 0.25) is 0 Å². The maximum atomic E-state index is 12.8. The fourth-order valence-corrected chi connectivity index (χ4v) is 2.85. The number of alkyl halides is 3. The lowest BCUT2D eigenvalue weighted by atomic mass is 9.79. The number of hydrogen-bond acceptors (Lipinski definition) is 1. The summed E-state index contributed by atoms with van der Waals surface area (Å²) >= 11 is 0. The van der Waals surface area contributed by atoms with E-state index in [4.69, 9.17) is 0 Å². The van der Waals surface area contributed by atoms with Gasteiger partial charge < -0.3 is 0 Å². The molecule has 1 atom stereocenters. The van der Waals surface area contributed by atoms with E-state index in [0.717, 1.165) is 16.7 Å². The van der Waals surface area contributed by atoms with Gasteiger partial charge in [0.2, 0.25) is 0 Å². The number of benzene rings is 1. The lowest BCUT2D eigenvalue weighted by Crippen LogP contribution is -2.39. The summed E-state index contributed by atoms with van der Waals surface area (Å²) in [6, 6.07) is 9.65. The first-order valence-electron chi connectivity index (χ1n) is 7.12. The van der Waals surface area contributed by atoms with Crippen LogP contribution in [0.4, 0.5) is 13.2 Å². The maximum absolute atomic E-state index is 12.8. The third-order valence-corrected chi connectivity index (χ3v) is 3.83. The van der Waals surface area contributed by atoms with Crippen LogP contribution in [-0.2, 0) is 4.74 Å². The molecule has 0 aliphatic heterocycles. The molecule has 0 saturated heterocycles. The highest BCUT2D eigenvalue weighted by atomic mass is 19.4. The van der Waals surface area contributed by atoms with E-state index in [1.165, 1.54) is 6.08 Å². The molecule has 1 unspecified atom stereocenters. The quantitative estimate of drug-likeness (QED) is 0.654. The number of rotatable bonds is 3. The van der Waals surface area contributed by atoms with Crippen molar-refractivity contribution in [1.29, 1.82) is 0 Å². The molecule has 1 aromatic carbocycles. The standard InChI is InChI=1S/C18H19F3O/c1-4-10-17(22-18(19,20)21)12-13(2)16(11-14(17)3)15-8-6-5-7-9-15/h4-11H,12H2,1-3H3/b10-4+. The van der Waals surface area contributed by atoms with Crippen LogP contribution in [0.1, 0.15) is 32.8 Å². The Morgan fingerprint density at radius 2 is 1.77 bits per heavy atom. The molecular formula is C18H19F3O. The van der Waals surface area contributed by atoms with Crippen LogP contribution in [-0.4, -0.2) is 12.0 Å². The zero-order chi connectivity index (χ0) is 16.4. The Kier molecular flexibility index (Phi) is 4.61. The highest BCUT2D eigenvalue weighted by molar-refractivity contribution is 5.79. The summed E-state index contributed by atoms with van der Waals surface area (Å²) < 4.78 is 43.0. The van der Waals surface area contributed by atoms with Crippen molar-refractivity contribution in [3.05, 3.63) is 65.3 Å². The molecule has 1 aliphatic rings. The number of halogens is 3. The van der Waals surface area contributed by atoms with E-state index < -0.39 is 12.0 Å². The number of ether oxygens (including phenoxy) is 1. The minimum absolute atomic E-state index is 0.184. The highest BCUT2D eigenvalue weighted by Gasteiger charge is 2.44. The fourth-order valence-electron chi connectivity index (χ4n) is 2.85. The predicted molar refractivity (Wildman–Crippen MR) is 82.1 cm³/mol. The lowest BCUT2D eigenvalue weighted by molar-refractivity contribution is -0.352. The minimum Gasteiger partial charge on any atom is -0.276 e. The fraction of sp³-hybridized carbons (Fsp3) is 0.333. The first-order valence-corrected chi connectivity index (χ1v) is 7.12. The van der Waals surface area contributed by atoms with Gasteiger partial charge in [-0.25, -0.2) is 0 Å². The Labute approximate surface area is 128 Å². The summed E-state index contributed by atoms with van der Waals surface area (Å²) in [7, 11) is 0. The van der Waals surface area contributed by atoms with Crippen molar-refractivity contribution in [2.45, 2.75) is 39.2 Å². The van der Waals surface area contributed by atoms with Gasteiger partial charge in [-0.3, -0.25) is 4.74 Å². The summed E-state index contributed by atoms with van der Waals surface area (Å²) in [6.07, 6.45) is 0.379. The molecule has 1 aliphatic carbocycles. The summed E-state index contributed by atoms with van der Waals surface area (Å²) in [6.45, 7) is 5.23. The van der Waals surface area contributed by atoms with Crippen molar-refractivity contribution < 1.29 is 17.9 Å². The van der Waals surface area contributed by atoms with Crippen LogP contribution in [0.3, 0.4) is 0 Å². The van der Waals surface area contributed by atoms with Crippen LogP contribution < -0.4 is 0 Å². The molecule has 0 spiro atoms. The van der Waals surface area contributed by atoms with Crippen LogP contribution in [0.25, 0.3) is 5.57 Å². The van der Waals surface area contributed by atoms with Crippen molar-refractivity contribution in [3.8, 4) is 0 Å². The van der Waals surface area contributed by atoms with Crippen LogP contribution in [0.15, 0.2) is 59.7 Å². The average molecular weight is 308 g/mol. The predicted octanol–water partition coefficient (Wildman–Crippen LogP) is 5.66. The van der Waals surface area contributed by atoms with Gasteiger partial charge in [0.05, 0.1) is 0 Å². The van der Waals surface area contributed by atoms with Gasteiger partial charge in [-0.05, 0) is 37.5 Å². The highest BCUT2D eigenvalue weighted by Crippen LogP contribution is 2.43. The van der Waals surface area contributed by atoms with E-state index in [-0.39, 0.29) is 6.42 Å². The lowest BCUT2D eigenvalue weighted by Gasteiger charge is -2.36. The molecule has 4 heteroatoms. The maximum Gasteiger partial charge on any atom is 0.523 e. The zero-order valence-corrected chi connectivity index (χ0v) is 12.9. The average Bonchev–Trinajstić information content (AvgIpc) is 2.42. The molecule has 0 bridgehead atoms. The van der Waals surface area contributed by atoms with Crippen molar-refractivity contribution in [1.82, 2.24) is 0 Å². The molecule has 22 heavy (non-hydrogen) atoms. The largest absolute Gasteiger partial charge is 0.523 e. The number of hydrogen-bond donors (Lipinski definition) is 0. The van der Waals surface area contributed by atoms with Gasteiger partial charge >= 0.3 is 6.36 Å². The zero-order valence-electron chi connectivity index (χ0n) is 12.9. The Bertz CT molecular complexity index is 623. The molecule has 1 aromatic rings. The second kappa shape index (κ2) is 6.13. The van der Waals surface area contributed by atoms with Gasteiger partial charge in [0.15, 0.2) is 0 Å². The molecular weight excluding hydrogens is 289 g/mol. The Balaban J connectivity index is 2.45. The Morgan fingerprint density at radius 1 is 1.14 bits per heavy atom. The van der Waals surface area contributed by atoms with Gasteiger partial charge in [-0.15, -0.1) is 13.2 Å². The Hall–Kier alpha value is -1.81. The second-order valence-electron chi connectivity index (χ2n) is 5.50. The van der Waals surface area contributed by atoms with Crippen molar-refractivity contribution in [2.24, 2.45) is 0 Å². The van der Waals surface area contributed by atoms with Gasteiger partial charge in [-0.1, -0.05) is 54.1 Å². The van der Waals surface area contributed by atoms with Crippen molar-refractivity contribution in [3.63, 3.8) is 0 Å².